The van der Waals surface area contributed by atoms with E-state index in [4.69, 9.17) is 8.94 Å². The van der Waals surface area contributed by atoms with Gasteiger partial charge in [0.1, 0.15) is 5.76 Å². The molecule has 1 amide bonds. The number of anilines is 1. The van der Waals surface area contributed by atoms with E-state index < -0.39 is 0 Å². The fourth-order valence-corrected chi connectivity index (χ4v) is 1.74. The van der Waals surface area contributed by atoms with Crippen LogP contribution in [-0.2, 0) is 11.2 Å². The molecule has 2 heterocycles. The first-order chi connectivity index (χ1) is 9.99. The smallest absolute Gasteiger partial charge is 0.239 e. The Morgan fingerprint density at radius 1 is 1.48 bits per heavy atom. The third kappa shape index (κ3) is 3.88. The van der Waals surface area contributed by atoms with Crippen LogP contribution in [0.3, 0.4) is 0 Å². The van der Waals surface area contributed by atoms with Crippen molar-refractivity contribution >= 4 is 11.7 Å². The van der Waals surface area contributed by atoms with Crippen LogP contribution in [0.5, 0.6) is 0 Å². The number of nitrogens with one attached hydrogen (secondary N) is 1. The van der Waals surface area contributed by atoms with E-state index in [1.54, 1.807) is 13.0 Å². The molecule has 114 valence electrons. The molecule has 0 aliphatic heterocycles. The molecule has 2 rings (SSSR count). The van der Waals surface area contributed by atoms with Gasteiger partial charge in [0, 0.05) is 12.5 Å². The minimum atomic E-state index is -0.187. The summed E-state index contributed by atoms with van der Waals surface area (Å²) >= 11 is 0. The molecule has 0 spiro atoms. The number of amides is 1. The molecular formula is C13H19N5O3. The number of carbonyl (C=O) groups is 1. The van der Waals surface area contributed by atoms with Gasteiger partial charge in [-0.2, -0.15) is 0 Å². The number of rotatable bonds is 6. The van der Waals surface area contributed by atoms with Gasteiger partial charge in [0.15, 0.2) is 5.82 Å². The van der Waals surface area contributed by atoms with Gasteiger partial charge in [0.05, 0.1) is 12.6 Å². The van der Waals surface area contributed by atoms with Crippen molar-refractivity contribution in [3.63, 3.8) is 0 Å². The summed E-state index contributed by atoms with van der Waals surface area (Å²) < 4.78 is 10.4. The van der Waals surface area contributed by atoms with E-state index >= 15 is 0 Å². The molecule has 8 nitrogen and oxygen atoms in total. The zero-order valence-corrected chi connectivity index (χ0v) is 12.6. The van der Waals surface area contributed by atoms with E-state index in [0.717, 1.165) is 0 Å². The fraction of sp³-hybridized carbons (Fsp3) is 0.538. The summed E-state index contributed by atoms with van der Waals surface area (Å²) in [4.78, 5) is 13.7. The topological polar surface area (TPSA) is 97.3 Å². The SMILES string of the molecule is CCc1nnc(C(C)N(C)CC(=O)Nc2cc(C)on2)o1. The van der Waals surface area contributed by atoms with Crippen LogP contribution in [0, 0.1) is 6.92 Å². The Labute approximate surface area is 122 Å². The average molecular weight is 293 g/mol. The van der Waals surface area contributed by atoms with Crippen molar-refractivity contribution in [1.82, 2.24) is 20.3 Å². The van der Waals surface area contributed by atoms with Crippen molar-refractivity contribution in [3.8, 4) is 0 Å². The van der Waals surface area contributed by atoms with Crippen LogP contribution in [0.2, 0.25) is 0 Å². The molecule has 0 fully saturated rings. The second-order valence-corrected chi connectivity index (χ2v) is 4.85. The molecule has 0 aromatic carbocycles. The summed E-state index contributed by atoms with van der Waals surface area (Å²) in [7, 11) is 1.81. The number of hydrogen-bond donors (Lipinski definition) is 1. The van der Waals surface area contributed by atoms with Crippen molar-refractivity contribution in [2.75, 3.05) is 18.9 Å². The minimum absolute atomic E-state index is 0.150. The van der Waals surface area contributed by atoms with Gasteiger partial charge in [-0.1, -0.05) is 12.1 Å². The molecule has 1 unspecified atom stereocenters. The van der Waals surface area contributed by atoms with Crippen LogP contribution in [0.15, 0.2) is 15.0 Å². The van der Waals surface area contributed by atoms with Crippen LogP contribution in [0.25, 0.3) is 0 Å². The van der Waals surface area contributed by atoms with Gasteiger partial charge in [0.25, 0.3) is 0 Å². The van der Waals surface area contributed by atoms with E-state index in [2.05, 4.69) is 20.7 Å². The maximum absolute atomic E-state index is 11.9. The van der Waals surface area contributed by atoms with Crippen LogP contribution in [0.1, 0.15) is 37.4 Å². The van der Waals surface area contributed by atoms with Crippen molar-refractivity contribution in [2.24, 2.45) is 0 Å². The Morgan fingerprint density at radius 2 is 2.24 bits per heavy atom. The summed E-state index contributed by atoms with van der Waals surface area (Å²) in [6.45, 7) is 5.79. The van der Waals surface area contributed by atoms with Gasteiger partial charge in [0.2, 0.25) is 17.7 Å². The van der Waals surface area contributed by atoms with Gasteiger partial charge in [-0.15, -0.1) is 10.2 Å². The number of aryl methyl sites for hydroxylation is 2. The second-order valence-electron chi connectivity index (χ2n) is 4.85. The lowest BCUT2D eigenvalue weighted by atomic mass is 10.3. The normalized spacial score (nSPS) is 12.6. The predicted molar refractivity (Wildman–Crippen MR) is 74.6 cm³/mol. The fourth-order valence-electron chi connectivity index (χ4n) is 1.74. The number of nitrogens with zero attached hydrogens (tertiary/aromatic N) is 4. The van der Waals surface area contributed by atoms with E-state index in [-0.39, 0.29) is 18.5 Å². The van der Waals surface area contributed by atoms with E-state index in [9.17, 15) is 4.79 Å². The van der Waals surface area contributed by atoms with Gasteiger partial charge >= 0.3 is 0 Å². The van der Waals surface area contributed by atoms with Crippen LogP contribution in [0.4, 0.5) is 5.82 Å². The standard InChI is InChI=1S/C13H19N5O3/c1-5-12-15-16-13(20-12)9(3)18(4)7-11(19)14-10-6-8(2)21-17-10/h6,9H,5,7H2,1-4H3,(H,14,17,19). The van der Waals surface area contributed by atoms with Gasteiger partial charge in [-0.05, 0) is 20.9 Å². The highest BCUT2D eigenvalue weighted by Crippen LogP contribution is 2.17. The number of aromatic nitrogens is 3. The first-order valence-corrected chi connectivity index (χ1v) is 6.75. The zero-order valence-electron chi connectivity index (χ0n) is 12.6. The number of likely N-dealkylation sites (N-methyl/N-ethyl adjacent to an activating group) is 1. The quantitative estimate of drug-likeness (QED) is 0.863. The largest absolute Gasteiger partial charge is 0.424 e. The third-order valence-corrected chi connectivity index (χ3v) is 3.09. The minimum Gasteiger partial charge on any atom is -0.424 e. The molecular weight excluding hydrogens is 274 g/mol. The highest BCUT2D eigenvalue weighted by molar-refractivity contribution is 5.91. The summed E-state index contributed by atoms with van der Waals surface area (Å²) in [5.74, 6) is 1.95. The Balaban J connectivity index is 1.90. The van der Waals surface area contributed by atoms with Crippen molar-refractivity contribution in [2.45, 2.75) is 33.2 Å². The van der Waals surface area contributed by atoms with Crippen LogP contribution >= 0.6 is 0 Å². The molecule has 1 N–H and O–H groups in total. The molecule has 0 saturated carbocycles. The number of hydrogen-bond acceptors (Lipinski definition) is 7. The molecule has 21 heavy (non-hydrogen) atoms. The summed E-state index contributed by atoms with van der Waals surface area (Å²) in [6, 6.07) is 1.51. The highest BCUT2D eigenvalue weighted by Gasteiger charge is 2.20. The Hall–Kier alpha value is -2.22. The zero-order chi connectivity index (χ0) is 15.4. The molecule has 0 aliphatic rings. The van der Waals surface area contributed by atoms with Gasteiger partial charge in [-0.25, -0.2) is 0 Å². The molecule has 2 aromatic rings. The van der Waals surface area contributed by atoms with E-state index in [1.807, 2.05) is 25.8 Å². The summed E-state index contributed by atoms with van der Waals surface area (Å²) in [5.41, 5.74) is 0. The molecule has 0 saturated heterocycles. The maximum atomic E-state index is 11.9. The lowest BCUT2D eigenvalue weighted by Crippen LogP contribution is -2.32. The average Bonchev–Trinajstić information content (AvgIpc) is 3.06. The van der Waals surface area contributed by atoms with Crippen LogP contribution < -0.4 is 5.32 Å². The second kappa shape index (κ2) is 6.49. The molecule has 2 aromatic heterocycles. The summed E-state index contributed by atoms with van der Waals surface area (Å²) in [6.07, 6.45) is 0.690. The van der Waals surface area contributed by atoms with Crippen molar-refractivity contribution in [1.29, 1.82) is 0 Å². The molecule has 0 aliphatic carbocycles. The number of carbonyl (C=O) groups excluding carboxylic acids is 1. The lowest BCUT2D eigenvalue weighted by molar-refractivity contribution is -0.117. The molecule has 0 bridgehead atoms. The molecule has 0 radical (unpaired) electrons. The van der Waals surface area contributed by atoms with Gasteiger partial charge in [-0.3, -0.25) is 9.69 Å². The monoisotopic (exact) mass is 293 g/mol. The summed E-state index contributed by atoms with van der Waals surface area (Å²) in [5, 5.41) is 14.3. The van der Waals surface area contributed by atoms with Crippen LogP contribution in [-0.4, -0.2) is 39.8 Å². The highest BCUT2D eigenvalue weighted by atomic mass is 16.5. The predicted octanol–water partition coefficient (Wildman–Crippen LogP) is 1.56. The maximum Gasteiger partial charge on any atom is 0.239 e. The Kier molecular flexibility index (Phi) is 4.69. The first-order valence-electron chi connectivity index (χ1n) is 6.75. The Morgan fingerprint density at radius 3 is 2.81 bits per heavy atom. The van der Waals surface area contributed by atoms with Crippen molar-refractivity contribution in [3.05, 3.63) is 23.6 Å². The molecule has 8 heteroatoms. The van der Waals surface area contributed by atoms with E-state index in [1.165, 1.54) is 0 Å². The van der Waals surface area contributed by atoms with Gasteiger partial charge < -0.3 is 14.3 Å². The van der Waals surface area contributed by atoms with E-state index in [0.29, 0.717) is 29.8 Å². The lowest BCUT2D eigenvalue weighted by Gasteiger charge is -2.20. The molecule has 1 atom stereocenters. The first kappa shape index (κ1) is 15.2. The third-order valence-electron chi connectivity index (χ3n) is 3.09. The van der Waals surface area contributed by atoms with Crippen molar-refractivity contribution < 1.29 is 13.7 Å². The Bertz CT molecular complexity index is 606.